The lowest BCUT2D eigenvalue weighted by Gasteiger charge is -2.44. The van der Waals surface area contributed by atoms with Gasteiger partial charge in [-0.05, 0) is 45.4 Å². The minimum absolute atomic E-state index is 0.0162. The van der Waals surface area contributed by atoms with Crippen LogP contribution >= 0.6 is 0 Å². The number of hydrogen-bond acceptors (Lipinski definition) is 4. The summed E-state index contributed by atoms with van der Waals surface area (Å²) in [7, 11) is 0. The molecule has 3 atom stereocenters. The minimum atomic E-state index is -0.586. The molecule has 2 aromatic rings. The Morgan fingerprint density at radius 1 is 1.19 bits per heavy atom. The highest BCUT2D eigenvalue weighted by atomic mass is 19.1. The van der Waals surface area contributed by atoms with E-state index in [9.17, 15) is 14.0 Å². The topological polar surface area (TPSA) is 84.6 Å². The van der Waals surface area contributed by atoms with Crippen LogP contribution in [0.15, 0.2) is 24.3 Å². The van der Waals surface area contributed by atoms with E-state index in [-0.39, 0.29) is 23.7 Å². The second-order valence-corrected chi connectivity index (χ2v) is 8.78. The molecule has 164 valence electrons. The Balaban J connectivity index is 1.32. The Kier molecular flexibility index (Phi) is 4.92. The van der Waals surface area contributed by atoms with Gasteiger partial charge >= 0.3 is 6.03 Å². The smallest absolute Gasteiger partial charge is 0.319 e. The van der Waals surface area contributed by atoms with E-state index in [4.69, 9.17) is 0 Å². The highest BCUT2D eigenvalue weighted by Crippen LogP contribution is 2.37. The molecule has 3 aliphatic rings. The van der Waals surface area contributed by atoms with Crippen LogP contribution in [-0.4, -0.2) is 68.6 Å². The maximum atomic E-state index is 14.0. The second-order valence-electron chi connectivity index (χ2n) is 8.78. The van der Waals surface area contributed by atoms with Crippen molar-refractivity contribution in [3.63, 3.8) is 0 Å². The Bertz CT molecular complexity index is 1020. The molecule has 0 spiro atoms. The van der Waals surface area contributed by atoms with Crippen LogP contribution in [0.1, 0.15) is 54.3 Å². The summed E-state index contributed by atoms with van der Waals surface area (Å²) in [4.78, 5) is 32.3. The molecule has 8 nitrogen and oxygen atoms in total. The number of piperazine rings is 1. The molecule has 2 fully saturated rings. The molecule has 4 heterocycles. The van der Waals surface area contributed by atoms with Gasteiger partial charge in [0, 0.05) is 30.7 Å². The van der Waals surface area contributed by atoms with E-state index in [1.54, 1.807) is 6.07 Å². The summed E-state index contributed by atoms with van der Waals surface area (Å²) in [6.07, 6.45) is 2.34. The van der Waals surface area contributed by atoms with E-state index >= 15 is 0 Å². The van der Waals surface area contributed by atoms with Gasteiger partial charge < -0.3 is 15.1 Å². The molecule has 5 rings (SSSR count). The lowest BCUT2D eigenvalue weighted by molar-refractivity contribution is 0.0580. The summed E-state index contributed by atoms with van der Waals surface area (Å²) in [6.45, 7) is 7.21. The zero-order valence-electron chi connectivity index (χ0n) is 17.8. The van der Waals surface area contributed by atoms with Crippen molar-refractivity contribution in [2.75, 3.05) is 25.0 Å². The van der Waals surface area contributed by atoms with Crippen LogP contribution in [0.3, 0.4) is 0 Å². The van der Waals surface area contributed by atoms with Crippen LogP contribution in [0.25, 0.3) is 0 Å². The van der Waals surface area contributed by atoms with Crippen molar-refractivity contribution in [3.05, 3.63) is 46.9 Å². The Morgan fingerprint density at radius 3 is 2.81 bits per heavy atom. The summed E-state index contributed by atoms with van der Waals surface area (Å²) < 4.78 is 14.0. The van der Waals surface area contributed by atoms with Gasteiger partial charge in [0.15, 0.2) is 5.82 Å². The van der Waals surface area contributed by atoms with Crippen LogP contribution in [-0.2, 0) is 6.54 Å². The molecule has 1 aromatic carbocycles. The van der Waals surface area contributed by atoms with Crippen molar-refractivity contribution in [2.24, 2.45) is 0 Å². The van der Waals surface area contributed by atoms with Crippen LogP contribution in [0.4, 0.5) is 15.0 Å². The van der Waals surface area contributed by atoms with E-state index in [1.165, 1.54) is 24.6 Å². The number of carbonyl (C=O) groups excluding carboxylic acids is 2. The number of amides is 3. The van der Waals surface area contributed by atoms with Gasteiger partial charge in [0.1, 0.15) is 5.82 Å². The quantitative estimate of drug-likeness (QED) is 0.773. The van der Waals surface area contributed by atoms with Crippen molar-refractivity contribution in [1.29, 1.82) is 0 Å². The van der Waals surface area contributed by atoms with Gasteiger partial charge in [0.05, 0.1) is 23.8 Å². The van der Waals surface area contributed by atoms with Crippen molar-refractivity contribution < 1.29 is 14.0 Å². The molecule has 0 bridgehead atoms. The van der Waals surface area contributed by atoms with Gasteiger partial charge in [-0.2, -0.15) is 5.10 Å². The van der Waals surface area contributed by atoms with E-state index in [0.717, 1.165) is 37.3 Å². The number of carbonyl (C=O) groups is 2. The number of benzene rings is 1. The first-order valence-electron chi connectivity index (χ1n) is 10.9. The van der Waals surface area contributed by atoms with Gasteiger partial charge in [-0.1, -0.05) is 12.1 Å². The van der Waals surface area contributed by atoms with Gasteiger partial charge in [-0.3, -0.25) is 14.8 Å². The first kappa shape index (κ1) is 20.0. The zero-order valence-corrected chi connectivity index (χ0v) is 17.8. The molecule has 3 aliphatic heterocycles. The number of nitrogens with one attached hydrogen (secondary N) is 2. The number of hydrogen-bond donors (Lipinski definition) is 2. The van der Waals surface area contributed by atoms with Crippen LogP contribution < -0.4 is 5.32 Å². The number of rotatable bonds is 2. The predicted octanol–water partition coefficient (Wildman–Crippen LogP) is 2.97. The fourth-order valence-corrected chi connectivity index (χ4v) is 5.12. The average Bonchev–Trinajstić information content (AvgIpc) is 3.44. The molecule has 0 aliphatic carbocycles. The van der Waals surface area contributed by atoms with E-state index in [1.807, 2.05) is 16.7 Å². The highest BCUT2D eigenvalue weighted by molar-refractivity contribution is 6.04. The SMILES string of the molecule is CC1CN2CCCC2CN1C(=O)N1Cc2c(NC(=O)c3ccccc3F)n[nH]c2C1C. The molecule has 9 heteroatoms. The molecule has 1 aromatic heterocycles. The van der Waals surface area contributed by atoms with Gasteiger partial charge in [-0.15, -0.1) is 0 Å². The molecular formula is C22H27FN6O2. The van der Waals surface area contributed by atoms with Gasteiger partial charge in [-0.25, -0.2) is 9.18 Å². The molecule has 0 saturated carbocycles. The number of anilines is 1. The largest absolute Gasteiger partial charge is 0.321 e. The van der Waals surface area contributed by atoms with Gasteiger partial charge in [0.2, 0.25) is 0 Å². The fourth-order valence-electron chi connectivity index (χ4n) is 5.12. The monoisotopic (exact) mass is 426 g/mol. The maximum absolute atomic E-state index is 14.0. The number of aromatic amines is 1. The van der Waals surface area contributed by atoms with Crippen LogP contribution in [0.5, 0.6) is 0 Å². The second kappa shape index (κ2) is 7.64. The Labute approximate surface area is 180 Å². The third-order valence-corrected chi connectivity index (χ3v) is 6.89. The van der Waals surface area contributed by atoms with E-state index in [0.29, 0.717) is 18.4 Å². The number of urea groups is 1. The van der Waals surface area contributed by atoms with Crippen molar-refractivity contribution >= 4 is 17.8 Å². The Morgan fingerprint density at radius 2 is 2.00 bits per heavy atom. The first-order valence-corrected chi connectivity index (χ1v) is 10.9. The molecule has 0 radical (unpaired) electrons. The van der Waals surface area contributed by atoms with Crippen molar-refractivity contribution in [2.45, 2.75) is 51.4 Å². The summed E-state index contributed by atoms with van der Waals surface area (Å²) in [6, 6.07) is 6.28. The van der Waals surface area contributed by atoms with E-state index < -0.39 is 11.7 Å². The predicted molar refractivity (Wildman–Crippen MR) is 113 cm³/mol. The van der Waals surface area contributed by atoms with E-state index in [2.05, 4.69) is 27.3 Å². The maximum Gasteiger partial charge on any atom is 0.321 e. The third-order valence-electron chi connectivity index (χ3n) is 6.89. The Hall–Kier alpha value is -2.94. The van der Waals surface area contributed by atoms with Crippen molar-refractivity contribution in [3.8, 4) is 0 Å². The molecule has 3 unspecified atom stereocenters. The molecular weight excluding hydrogens is 399 g/mol. The summed E-state index contributed by atoms with van der Waals surface area (Å²) in [5, 5.41) is 9.87. The normalized spacial score (nSPS) is 25.5. The zero-order chi connectivity index (χ0) is 21.7. The number of halogens is 1. The minimum Gasteiger partial charge on any atom is -0.319 e. The average molecular weight is 426 g/mol. The number of nitrogens with zero attached hydrogens (tertiary/aromatic N) is 4. The number of H-pyrrole nitrogens is 1. The first-order chi connectivity index (χ1) is 14.9. The highest BCUT2D eigenvalue weighted by Gasteiger charge is 2.42. The standard InChI is InChI=1S/C22H27FN6O2/c1-13-10-27-9-5-6-15(27)11-28(13)22(31)29-12-17-19(14(29)2)25-26-20(17)24-21(30)16-7-3-4-8-18(16)23/h3-4,7-8,13-15H,5-6,9-12H2,1-2H3,(H2,24,25,26,30). The molecule has 2 saturated heterocycles. The number of fused-ring (bicyclic) bond motifs is 2. The van der Waals surface area contributed by atoms with Crippen molar-refractivity contribution in [1.82, 2.24) is 24.9 Å². The summed E-state index contributed by atoms with van der Waals surface area (Å²) in [5.74, 6) is -0.799. The molecule has 3 amide bonds. The fraction of sp³-hybridized carbons (Fsp3) is 0.500. The van der Waals surface area contributed by atoms with Crippen LogP contribution in [0, 0.1) is 5.82 Å². The lowest BCUT2D eigenvalue weighted by atomic mass is 10.1. The molecule has 2 N–H and O–H groups in total. The van der Waals surface area contributed by atoms with Crippen LogP contribution in [0.2, 0.25) is 0 Å². The molecule has 31 heavy (non-hydrogen) atoms. The summed E-state index contributed by atoms with van der Waals surface area (Å²) >= 11 is 0. The number of aromatic nitrogens is 2. The summed E-state index contributed by atoms with van der Waals surface area (Å²) in [5.41, 5.74) is 1.54. The van der Waals surface area contributed by atoms with Gasteiger partial charge in [0.25, 0.3) is 5.91 Å². The lowest BCUT2D eigenvalue weighted by Crippen LogP contribution is -2.59. The third kappa shape index (κ3) is 3.37.